The van der Waals surface area contributed by atoms with Crippen LogP contribution in [-0.4, -0.2) is 37.6 Å². The van der Waals surface area contributed by atoms with E-state index in [1.807, 2.05) is 7.05 Å². The number of nitrogens with zero attached hydrogens (tertiary/aromatic N) is 1. The van der Waals surface area contributed by atoms with Crippen LogP contribution < -0.4 is 5.32 Å². The van der Waals surface area contributed by atoms with Crippen molar-refractivity contribution in [3.63, 3.8) is 0 Å². The van der Waals surface area contributed by atoms with Crippen molar-refractivity contribution >= 4 is 0 Å². The van der Waals surface area contributed by atoms with Crippen LogP contribution in [-0.2, 0) is 0 Å². The zero-order valence-electron chi connectivity index (χ0n) is 10.8. The van der Waals surface area contributed by atoms with Gasteiger partial charge >= 0.3 is 0 Å². The first-order valence-corrected chi connectivity index (χ1v) is 6.66. The molecule has 2 atom stereocenters. The molecule has 1 fully saturated rings. The lowest BCUT2D eigenvalue weighted by atomic mass is 9.96. The zero-order valence-corrected chi connectivity index (χ0v) is 10.8. The number of likely N-dealkylation sites (N-methyl/N-ethyl adjacent to an activating group) is 1. The van der Waals surface area contributed by atoms with Gasteiger partial charge in [-0.15, -0.1) is 0 Å². The Kier molecular flexibility index (Phi) is 6.26. The Morgan fingerprint density at radius 3 is 2.80 bits per heavy atom. The van der Waals surface area contributed by atoms with Crippen LogP contribution in [0.3, 0.4) is 0 Å². The highest BCUT2D eigenvalue weighted by Crippen LogP contribution is 2.22. The highest BCUT2D eigenvalue weighted by atomic mass is 15.2. The number of hydrogen-bond donors (Lipinski definition) is 1. The first kappa shape index (κ1) is 13.0. The van der Waals surface area contributed by atoms with Crippen LogP contribution in [0.4, 0.5) is 0 Å². The molecule has 2 nitrogen and oxygen atoms in total. The minimum Gasteiger partial charge on any atom is -0.318 e. The lowest BCUT2D eigenvalue weighted by Gasteiger charge is -2.27. The Hall–Kier alpha value is -0.0800. The Bertz CT molecular complexity index is 159. The molecular formula is C13H28N2. The highest BCUT2D eigenvalue weighted by Gasteiger charge is 2.19. The minimum absolute atomic E-state index is 0.704. The van der Waals surface area contributed by atoms with Crippen LogP contribution in [0.2, 0.25) is 0 Å². The van der Waals surface area contributed by atoms with Gasteiger partial charge in [0.25, 0.3) is 0 Å². The van der Waals surface area contributed by atoms with Crippen LogP contribution >= 0.6 is 0 Å². The van der Waals surface area contributed by atoms with Crippen LogP contribution in [0.15, 0.2) is 0 Å². The normalized spacial score (nSPS) is 26.2. The standard InChI is InChI=1S/C13H28N2/c1-4-6-13-7-5-9-15(10-8-13)12(2)11-14-3/h12-14H,4-11H2,1-3H3. The van der Waals surface area contributed by atoms with Crippen molar-refractivity contribution in [2.75, 3.05) is 26.7 Å². The third-order valence-electron chi connectivity index (χ3n) is 3.70. The van der Waals surface area contributed by atoms with Gasteiger partial charge in [-0.2, -0.15) is 0 Å². The molecule has 0 spiro atoms. The number of rotatable bonds is 5. The van der Waals surface area contributed by atoms with Gasteiger partial charge in [0.1, 0.15) is 0 Å². The molecule has 2 heteroatoms. The van der Waals surface area contributed by atoms with Gasteiger partial charge < -0.3 is 5.32 Å². The van der Waals surface area contributed by atoms with Gasteiger partial charge in [0, 0.05) is 12.6 Å². The average molecular weight is 212 g/mol. The molecule has 2 unspecified atom stereocenters. The molecule has 0 aromatic rings. The van der Waals surface area contributed by atoms with Crippen LogP contribution in [0, 0.1) is 5.92 Å². The molecule has 0 aromatic carbocycles. The van der Waals surface area contributed by atoms with Crippen molar-refractivity contribution in [3.8, 4) is 0 Å². The maximum absolute atomic E-state index is 3.28. The van der Waals surface area contributed by atoms with E-state index in [-0.39, 0.29) is 0 Å². The van der Waals surface area contributed by atoms with Crippen LogP contribution in [0.25, 0.3) is 0 Å². The predicted molar refractivity (Wildman–Crippen MR) is 67.2 cm³/mol. The summed E-state index contributed by atoms with van der Waals surface area (Å²) in [5, 5.41) is 3.28. The van der Waals surface area contributed by atoms with Crippen molar-refractivity contribution in [2.45, 2.75) is 52.0 Å². The SMILES string of the molecule is CCCC1CCCN(C(C)CNC)CC1. The van der Waals surface area contributed by atoms with E-state index < -0.39 is 0 Å². The molecule has 0 bridgehead atoms. The Morgan fingerprint density at radius 1 is 1.33 bits per heavy atom. The summed E-state index contributed by atoms with van der Waals surface area (Å²) in [4.78, 5) is 2.66. The summed E-state index contributed by atoms with van der Waals surface area (Å²) in [6, 6.07) is 0.704. The first-order valence-electron chi connectivity index (χ1n) is 6.66. The zero-order chi connectivity index (χ0) is 11.1. The maximum atomic E-state index is 3.28. The van der Waals surface area contributed by atoms with Crippen molar-refractivity contribution in [1.82, 2.24) is 10.2 Å². The Balaban J connectivity index is 2.31. The molecule has 1 heterocycles. The summed E-state index contributed by atoms with van der Waals surface area (Å²) < 4.78 is 0. The predicted octanol–water partition coefficient (Wildman–Crippen LogP) is 2.50. The molecule has 0 aromatic heterocycles. The second-order valence-corrected chi connectivity index (χ2v) is 5.03. The quantitative estimate of drug-likeness (QED) is 0.753. The summed E-state index contributed by atoms with van der Waals surface area (Å²) in [6.07, 6.45) is 7.07. The Morgan fingerprint density at radius 2 is 2.13 bits per heavy atom. The number of likely N-dealkylation sites (tertiary alicyclic amines) is 1. The number of nitrogens with one attached hydrogen (secondary N) is 1. The van der Waals surface area contributed by atoms with Gasteiger partial charge in [-0.3, -0.25) is 4.90 Å². The highest BCUT2D eigenvalue weighted by molar-refractivity contribution is 4.75. The van der Waals surface area contributed by atoms with Crippen molar-refractivity contribution in [2.24, 2.45) is 5.92 Å². The summed E-state index contributed by atoms with van der Waals surface area (Å²) in [7, 11) is 2.05. The van der Waals surface area contributed by atoms with E-state index in [0.717, 1.165) is 12.5 Å². The molecule has 0 amide bonds. The van der Waals surface area contributed by atoms with Crippen molar-refractivity contribution in [1.29, 1.82) is 0 Å². The summed E-state index contributed by atoms with van der Waals surface area (Å²) in [5.74, 6) is 1.00. The van der Waals surface area contributed by atoms with E-state index in [1.54, 1.807) is 0 Å². The van der Waals surface area contributed by atoms with Crippen molar-refractivity contribution < 1.29 is 0 Å². The third kappa shape index (κ3) is 4.52. The molecule has 15 heavy (non-hydrogen) atoms. The molecule has 0 saturated carbocycles. The van der Waals surface area contributed by atoms with E-state index in [0.29, 0.717) is 6.04 Å². The molecule has 0 aliphatic carbocycles. The lowest BCUT2D eigenvalue weighted by Crippen LogP contribution is -2.40. The molecule has 0 radical (unpaired) electrons. The third-order valence-corrected chi connectivity index (χ3v) is 3.70. The second kappa shape index (κ2) is 7.24. The average Bonchev–Trinajstić information content (AvgIpc) is 2.44. The summed E-state index contributed by atoms with van der Waals surface area (Å²) >= 11 is 0. The molecule has 1 saturated heterocycles. The van der Waals surface area contributed by atoms with E-state index in [4.69, 9.17) is 0 Å². The van der Waals surface area contributed by atoms with E-state index in [1.165, 1.54) is 45.2 Å². The van der Waals surface area contributed by atoms with Crippen molar-refractivity contribution in [3.05, 3.63) is 0 Å². The van der Waals surface area contributed by atoms with Crippen LogP contribution in [0.1, 0.15) is 46.0 Å². The lowest BCUT2D eigenvalue weighted by molar-refractivity contribution is 0.211. The molecule has 1 N–H and O–H groups in total. The fraction of sp³-hybridized carbons (Fsp3) is 1.00. The summed E-state index contributed by atoms with van der Waals surface area (Å²) in [6.45, 7) is 8.40. The first-order chi connectivity index (χ1) is 7.27. The summed E-state index contributed by atoms with van der Waals surface area (Å²) in [5.41, 5.74) is 0. The van der Waals surface area contributed by atoms with Gasteiger partial charge in [-0.1, -0.05) is 19.8 Å². The van der Waals surface area contributed by atoms with E-state index in [9.17, 15) is 0 Å². The number of hydrogen-bond acceptors (Lipinski definition) is 2. The van der Waals surface area contributed by atoms with Crippen LogP contribution in [0.5, 0.6) is 0 Å². The monoisotopic (exact) mass is 212 g/mol. The van der Waals surface area contributed by atoms with Gasteiger partial charge in [0.05, 0.1) is 0 Å². The fourth-order valence-corrected chi connectivity index (χ4v) is 2.75. The molecule has 1 aliphatic rings. The maximum Gasteiger partial charge on any atom is 0.0192 e. The largest absolute Gasteiger partial charge is 0.318 e. The molecule has 1 aliphatic heterocycles. The van der Waals surface area contributed by atoms with E-state index >= 15 is 0 Å². The fourth-order valence-electron chi connectivity index (χ4n) is 2.75. The molecule has 90 valence electrons. The van der Waals surface area contributed by atoms with Gasteiger partial charge in [0.2, 0.25) is 0 Å². The second-order valence-electron chi connectivity index (χ2n) is 5.03. The van der Waals surface area contributed by atoms with Gasteiger partial charge in [0.15, 0.2) is 0 Å². The topological polar surface area (TPSA) is 15.3 Å². The Labute approximate surface area is 95.4 Å². The van der Waals surface area contributed by atoms with Gasteiger partial charge in [-0.05, 0) is 52.2 Å². The molecular weight excluding hydrogens is 184 g/mol. The van der Waals surface area contributed by atoms with Gasteiger partial charge in [-0.25, -0.2) is 0 Å². The van der Waals surface area contributed by atoms with E-state index in [2.05, 4.69) is 24.1 Å². The minimum atomic E-state index is 0.704. The smallest absolute Gasteiger partial charge is 0.0192 e. The molecule has 1 rings (SSSR count).